The molecular formula is C19H23F3N2O. The molecule has 0 aromatic heterocycles. The lowest BCUT2D eigenvalue weighted by Crippen LogP contribution is -2.44. The number of para-hydroxylation sites is 1. The third-order valence-corrected chi connectivity index (χ3v) is 5.46. The quantitative estimate of drug-likeness (QED) is 0.809. The number of piperidine rings is 1. The Morgan fingerprint density at radius 1 is 1.16 bits per heavy atom. The van der Waals surface area contributed by atoms with Crippen molar-refractivity contribution in [1.82, 2.24) is 4.90 Å². The first-order valence-corrected chi connectivity index (χ1v) is 8.68. The summed E-state index contributed by atoms with van der Waals surface area (Å²) in [5.74, 6) is -0.0567. The molecule has 2 aliphatic rings. The van der Waals surface area contributed by atoms with Crippen molar-refractivity contribution in [3.8, 4) is 0 Å². The summed E-state index contributed by atoms with van der Waals surface area (Å²) in [6.45, 7) is 3.90. The molecule has 1 spiro atoms. The van der Waals surface area contributed by atoms with Crippen LogP contribution in [0.2, 0.25) is 0 Å². The summed E-state index contributed by atoms with van der Waals surface area (Å²) in [5, 5.41) is 2.43. The maximum absolute atomic E-state index is 12.7. The molecule has 0 bridgehead atoms. The van der Waals surface area contributed by atoms with Crippen molar-refractivity contribution in [2.45, 2.75) is 44.8 Å². The summed E-state index contributed by atoms with van der Waals surface area (Å²) in [5.41, 5.74) is 1.74. The van der Waals surface area contributed by atoms with Crippen molar-refractivity contribution in [2.24, 2.45) is 5.41 Å². The van der Waals surface area contributed by atoms with Gasteiger partial charge >= 0.3 is 6.18 Å². The van der Waals surface area contributed by atoms with Gasteiger partial charge in [0.1, 0.15) is 6.54 Å². The van der Waals surface area contributed by atoms with E-state index in [0.717, 1.165) is 32.1 Å². The molecule has 2 fully saturated rings. The van der Waals surface area contributed by atoms with Gasteiger partial charge in [-0.1, -0.05) is 37.6 Å². The minimum Gasteiger partial charge on any atom is -0.376 e. The van der Waals surface area contributed by atoms with Crippen molar-refractivity contribution < 1.29 is 18.0 Å². The standard InChI is InChI=1S/C19H23F3N2O/c1-14-17(25)24(11-10-18(14)8-4-5-9-18)12-15-6-2-3-7-16(15)23-13-19(20,21)22/h2-3,6-7,23H,1,4-5,8-13H2. The fourth-order valence-electron chi connectivity index (χ4n) is 4.01. The highest BCUT2D eigenvalue weighted by atomic mass is 19.4. The predicted octanol–water partition coefficient (Wildman–Crippen LogP) is 4.51. The first-order chi connectivity index (χ1) is 11.8. The van der Waals surface area contributed by atoms with Crippen LogP contribution in [0.4, 0.5) is 18.9 Å². The van der Waals surface area contributed by atoms with Crippen LogP contribution in [0.1, 0.15) is 37.7 Å². The third kappa shape index (κ3) is 3.83. The maximum Gasteiger partial charge on any atom is 0.405 e. The van der Waals surface area contributed by atoms with Crippen molar-refractivity contribution in [1.29, 1.82) is 0 Å². The van der Waals surface area contributed by atoms with Crippen molar-refractivity contribution in [2.75, 3.05) is 18.4 Å². The Bertz CT molecular complexity index is 663. The number of nitrogens with zero attached hydrogens (tertiary/aromatic N) is 1. The molecule has 1 aromatic carbocycles. The highest BCUT2D eigenvalue weighted by Crippen LogP contribution is 2.49. The zero-order valence-corrected chi connectivity index (χ0v) is 14.2. The van der Waals surface area contributed by atoms with Crippen molar-refractivity contribution >= 4 is 11.6 Å². The van der Waals surface area contributed by atoms with Gasteiger partial charge in [-0.05, 0) is 30.9 Å². The van der Waals surface area contributed by atoms with Crippen LogP contribution in [0.3, 0.4) is 0 Å². The van der Waals surface area contributed by atoms with Gasteiger partial charge in [-0.3, -0.25) is 4.79 Å². The molecule has 1 saturated heterocycles. The second kappa shape index (κ2) is 6.73. The Hall–Kier alpha value is -1.98. The van der Waals surface area contributed by atoms with Gasteiger partial charge in [0.2, 0.25) is 5.91 Å². The number of alkyl halides is 3. The monoisotopic (exact) mass is 352 g/mol. The minimum absolute atomic E-state index is 0.0400. The molecule has 3 nitrogen and oxygen atoms in total. The van der Waals surface area contributed by atoms with Crippen molar-refractivity contribution in [3.05, 3.63) is 42.0 Å². The molecule has 1 amide bonds. The Labute approximate surface area is 145 Å². The average molecular weight is 352 g/mol. The predicted molar refractivity (Wildman–Crippen MR) is 91.1 cm³/mol. The number of hydrogen-bond acceptors (Lipinski definition) is 2. The maximum atomic E-state index is 12.7. The van der Waals surface area contributed by atoms with E-state index in [1.165, 1.54) is 0 Å². The summed E-state index contributed by atoms with van der Waals surface area (Å²) in [4.78, 5) is 14.5. The number of amides is 1. The molecule has 1 aromatic rings. The second-order valence-corrected chi connectivity index (χ2v) is 7.07. The molecular weight excluding hydrogens is 329 g/mol. The van der Waals surface area contributed by atoms with Gasteiger partial charge in [-0.25, -0.2) is 0 Å². The number of carbonyl (C=O) groups is 1. The van der Waals surface area contributed by atoms with Crippen LogP contribution in [0.5, 0.6) is 0 Å². The second-order valence-electron chi connectivity index (χ2n) is 7.07. The van der Waals surface area contributed by atoms with Gasteiger partial charge in [0.25, 0.3) is 0 Å². The van der Waals surface area contributed by atoms with E-state index in [1.54, 1.807) is 29.2 Å². The van der Waals surface area contributed by atoms with Gasteiger partial charge in [-0.15, -0.1) is 0 Å². The average Bonchev–Trinajstić information content (AvgIpc) is 3.04. The number of rotatable bonds is 4. The molecule has 0 radical (unpaired) electrons. The third-order valence-electron chi connectivity index (χ3n) is 5.46. The number of carbonyl (C=O) groups excluding carboxylic acids is 1. The van der Waals surface area contributed by atoms with E-state index in [9.17, 15) is 18.0 Å². The summed E-state index contributed by atoms with van der Waals surface area (Å²) in [6, 6.07) is 6.83. The number of benzene rings is 1. The summed E-state index contributed by atoms with van der Waals surface area (Å²) in [6.07, 6.45) is 0.935. The Balaban J connectivity index is 1.71. The van der Waals surface area contributed by atoms with Crippen LogP contribution in [-0.2, 0) is 11.3 Å². The fourth-order valence-corrected chi connectivity index (χ4v) is 4.01. The molecule has 1 aliphatic carbocycles. The van der Waals surface area contributed by atoms with Crippen LogP contribution in [0.15, 0.2) is 36.4 Å². The van der Waals surface area contributed by atoms with Gasteiger partial charge < -0.3 is 10.2 Å². The molecule has 25 heavy (non-hydrogen) atoms. The summed E-state index contributed by atoms with van der Waals surface area (Å²) >= 11 is 0. The normalized spacial score (nSPS) is 20.4. The van der Waals surface area contributed by atoms with Gasteiger partial charge in [0.15, 0.2) is 0 Å². The lowest BCUT2D eigenvalue weighted by Gasteiger charge is -2.40. The molecule has 1 heterocycles. The lowest BCUT2D eigenvalue weighted by atomic mass is 9.73. The Morgan fingerprint density at radius 2 is 1.84 bits per heavy atom. The lowest BCUT2D eigenvalue weighted by molar-refractivity contribution is -0.131. The van der Waals surface area contributed by atoms with Crippen LogP contribution < -0.4 is 5.32 Å². The first kappa shape index (κ1) is 17.8. The van der Waals surface area contributed by atoms with Gasteiger partial charge in [0, 0.05) is 29.8 Å². The Kier molecular flexibility index (Phi) is 4.80. The number of hydrogen-bond donors (Lipinski definition) is 1. The highest BCUT2D eigenvalue weighted by molar-refractivity contribution is 5.95. The first-order valence-electron chi connectivity index (χ1n) is 8.68. The molecule has 0 atom stereocenters. The molecule has 0 unspecified atom stereocenters. The van der Waals surface area contributed by atoms with Crippen molar-refractivity contribution in [3.63, 3.8) is 0 Å². The van der Waals surface area contributed by atoms with E-state index in [2.05, 4.69) is 11.9 Å². The topological polar surface area (TPSA) is 32.3 Å². The molecule has 1 saturated carbocycles. The molecule has 6 heteroatoms. The zero-order chi connectivity index (χ0) is 18.1. The van der Waals surface area contributed by atoms with Gasteiger partial charge in [0.05, 0.1) is 0 Å². The van der Waals surface area contributed by atoms with E-state index in [-0.39, 0.29) is 11.3 Å². The molecule has 3 rings (SSSR count). The molecule has 1 N–H and O–H groups in total. The van der Waals surface area contributed by atoms with E-state index in [1.807, 2.05) is 0 Å². The van der Waals surface area contributed by atoms with Crippen LogP contribution in [0.25, 0.3) is 0 Å². The Morgan fingerprint density at radius 3 is 2.52 bits per heavy atom. The number of nitrogens with one attached hydrogen (secondary N) is 1. The molecule has 1 aliphatic heterocycles. The van der Waals surface area contributed by atoms with E-state index >= 15 is 0 Å². The molecule has 136 valence electrons. The number of anilines is 1. The van der Waals surface area contributed by atoms with E-state index < -0.39 is 12.7 Å². The van der Waals surface area contributed by atoms with E-state index in [4.69, 9.17) is 0 Å². The number of likely N-dealkylation sites (tertiary alicyclic amines) is 1. The zero-order valence-electron chi connectivity index (χ0n) is 14.2. The summed E-state index contributed by atoms with van der Waals surface area (Å²) < 4.78 is 37.4. The minimum atomic E-state index is -4.28. The smallest absolute Gasteiger partial charge is 0.376 e. The van der Waals surface area contributed by atoms with Crippen LogP contribution >= 0.6 is 0 Å². The fraction of sp³-hybridized carbons (Fsp3) is 0.526. The van der Waals surface area contributed by atoms with Gasteiger partial charge in [-0.2, -0.15) is 13.2 Å². The SMILES string of the molecule is C=C1C(=O)N(Cc2ccccc2NCC(F)(F)F)CCC12CCCC2. The summed E-state index contributed by atoms with van der Waals surface area (Å²) in [7, 11) is 0. The largest absolute Gasteiger partial charge is 0.405 e. The number of halogens is 3. The van der Waals surface area contributed by atoms with E-state index in [0.29, 0.717) is 29.9 Å². The highest BCUT2D eigenvalue weighted by Gasteiger charge is 2.44. The van der Waals surface area contributed by atoms with Crippen LogP contribution in [0, 0.1) is 5.41 Å². The van der Waals surface area contributed by atoms with Crippen LogP contribution in [-0.4, -0.2) is 30.1 Å².